The maximum Gasteiger partial charge on any atom is 0.246 e. The lowest BCUT2D eigenvalue weighted by Crippen LogP contribution is -2.57. The number of nitrogens with one attached hydrogen (secondary N) is 2. The number of carbonyl (C=O) groups is 3. The van der Waals surface area contributed by atoms with Crippen LogP contribution in [0.25, 0.3) is 11.3 Å². The van der Waals surface area contributed by atoms with Crippen LogP contribution in [0.4, 0.5) is 0 Å². The molecule has 0 bridgehead atoms. The molecule has 1 saturated heterocycles. The number of nitrogens with zero attached hydrogens (tertiary/aromatic N) is 2. The number of aromatic nitrogens is 1. The molecule has 0 spiro atoms. The highest BCUT2D eigenvalue weighted by molar-refractivity contribution is 5.92. The molecule has 0 aliphatic carbocycles. The Bertz CT molecular complexity index is 950. The molecule has 0 saturated carbocycles. The van der Waals surface area contributed by atoms with E-state index in [-0.39, 0.29) is 37.2 Å². The quantitative estimate of drug-likeness (QED) is 0.622. The highest BCUT2D eigenvalue weighted by Gasteiger charge is 2.44. The molecule has 1 aliphatic heterocycles. The second-order valence-corrected chi connectivity index (χ2v) is 9.18. The minimum absolute atomic E-state index is 0.0506. The first-order valence-electron chi connectivity index (χ1n) is 10.6. The molecule has 3 atom stereocenters. The van der Waals surface area contributed by atoms with Crippen molar-refractivity contribution in [1.29, 1.82) is 0 Å². The standard InChI is InChI=1S/C23H30N4O5/c1-14(28)26-20(23(2,3)4)22(31)27-12-17(29)9-18(27)21(30)25-10-15-5-7-16(8-6-15)19-11-24-13-32-19/h5-8,11,13,17-18,20,29H,9-10,12H2,1-4H3,(H,25,30)(H,26,28)/t17-,18+,20-/m1/s1. The zero-order valence-electron chi connectivity index (χ0n) is 18.8. The third-order valence-corrected chi connectivity index (χ3v) is 5.46. The highest BCUT2D eigenvalue weighted by atomic mass is 16.3. The van der Waals surface area contributed by atoms with Gasteiger partial charge in [-0.2, -0.15) is 0 Å². The summed E-state index contributed by atoms with van der Waals surface area (Å²) in [6, 6.07) is 5.89. The molecule has 9 heteroatoms. The molecular weight excluding hydrogens is 412 g/mol. The lowest BCUT2D eigenvalue weighted by atomic mass is 9.85. The topological polar surface area (TPSA) is 125 Å². The van der Waals surface area contributed by atoms with Crippen LogP contribution in [-0.2, 0) is 20.9 Å². The summed E-state index contributed by atoms with van der Waals surface area (Å²) in [6.07, 6.45) is 2.34. The number of aliphatic hydroxyl groups is 1. The number of carbonyl (C=O) groups excluding carboxylic acids is 3. The molecule has 2 aromatic rings. The van der Waals surface area contributed by atoms with Crippen molar-refractivity contribution in [2.75, 3.05) is 6.54 Å². The van der Waals surface area contributed by atoms with Crippen molar-refractivity contribution in [2.45, 2.75) is 58.8 Å². The third-order valence-electron chi connectivity index (χ3n) is 5.46. The van der Waals surface area contributed by atoms with Crippen molar-refractivity contribution in [3.8, 4) is 11.3 Å². The second kappa shape index (κ2) is 9.52. The Hall–Kier alpha value is -3.20. The molecule has 3 rings (SSSR count). The van der Waals surface area contributed by atoms with Gasteiger partial charge in [0.05, 0.1) is 12.3 Å². The van der Waals surface area contributed by atoms with Crippen LogP contribution < -0.4 is 10.6 Å². The van der Waals surface area contributed by atoms with E-state index in [1.165, 1.54) is 18.2 Å². The predicted molar refractivity (Wildman–Crippen MR) is 117 cm³/mol. The van der Waals surface area contributed by atoms with Gasteiger partial charge in [0.2, 0.25) is 17.7 Å². The van der Waals surface area contributed by atoms with Gasteiger partial charge in [0.25, 0.3) is 0 Å². The number of oxazole rings is 1. The predicted octanol–water partition coefficient (Wildman–Crippen LogP) is 1.47. The van der Waals surface area contributed by atoms with Gasteiger partial charge >= 0.3 is 0 Å². The third kappa shape index (κ3) is 5.53. The van der Waals surface area contributed by atoms with Gasteiger partial charge in [-0.1, -0.05) is 45.0 Å². The van der Waals surface area contributed by atoms with Crippen LogP contribution in [0.1, 0.15) is 39.7 Å². The zero-order valence-corrected chi connectivity index (χ0v) is 18.8. The smallest absolute Gasteiger partial charge is 0.246 e. The van der Waals surface area contributed by atoms with Crippen molar-refractivity contribution in [3.63, 3.8) is 0 Å². The second-order valence-electron chi connectivity index (χ2n) is 9.18. The summed E-state index contributed by atoms with van der Waals surface area (Å²) < 4.78 is 5.27. The van der Waals surface area contributed by atoms with Gasteiger partial charge in [0, 0.05) is 32.0 Å². The van der Waals surface area contributed by atoms with Crippen LogP contribution in [0, 0.1) is 5.41 Å². The molecule has 3 N–H and O–H groups in total. The average molecular weight is 443 g/mol. The van der Waals surface area contributed by atoms with E-state index in [4.69, 9.17) is 4.42 Å². The molecule has 172 valence electrons. The van der Waals surface area contributed by atoms with Crippen LogP contribution >= 0.6 is 0 Å². The number of hydrogen-bond acceptors (Lipinski definition) is 6. The van der Waals surface area contributed by atoms with E-state index in [0.717, 1.165) is 11.1 Å². The fourth-order valence-electron chi connectivity index (χ4n) is 3.78. The molecular formula is C23H30N4O5. The van der Waals surface area contributed by atoms with Crippen LogP contribution in [0.15, 0.2) is 41.3 Å². The molecule has 9 nitrogen and oxygen atoms in total. The Labute approximate surface area is 187 Å². The summed E-state index contributed by atoms with van der Waals surface area (Å²) in [5.74, 6) is -0.388. The van der Waals surface area contributed by atoms with Crippen LogP contribution in [-0.4, -0.2) is 57.4 Å². The van der Waals surface area contributed by atoms with E-state index in [2.05, 4.69) is 15.6 Å². The lowest BCUT2D eigenvalue weighted by molar-refractivity contribution is -0.143. The Morgan fingerprint density at radius 1 is 1.25 bits per heavy atom. The Morgan fingerprint density at radius 3 is 2.50 bits per heavy atom. The van der Waals surface area contributed by atoms with Crippen molar-refractivity contribution in [3.05, 3.63) is 42.4 Å². The van der Waals surface area contributed by atoms with Crippen LogP contribution in [0.3, 0.4) is 0 Å². The molecule has 1 fully saturated rings. The number of amides is 3. The van der Waals surface area contributed by atoms with E-state index in [1.807, 2.05) is 45.0 Å². The Kier molecular flexibility index (Phi) is 6.98. The summed E-state index contributed by atoms with van der Waals surface area (Å²) in [7, 11) is 0. The van der Waals surface area contributed by atoms with Gasteiger partial charge < -0.3 is 25.1 Å². The molecule has 0 radical (unpaired) electrons. The monoisotopic (exact) mass is 442 g/mol. The van der Waals surface area contributed by atoms with Crippen LogP contribution in [0.2, 0.25) is 0 Å². The number of benzene rings is 1. The van der Waals surface area contributed by atoms with Crippen LogP contribution in [0.5, 0.6) is 0 Å². The molecule has 3 amide bonds. The van der Waals surface area contributed by atoms with Gasteiger partial charge in [0.15, 0.2) is 12.2 Å². The van der Waals surface area contributed by atoms with E-state index >= 15 is 0 Å². The minimum Gasteiger partial charge on any atom is -0.444 e. The van der Waals surface area contributed by atoms with E-state index in [1.54, 1.807) is 6.20 Å². The first-order valence-corrected chi connectivity index (χ1v) is 10.6. The SMILES string of the molecule is CC(=O)N[C@H](C(=O)N1C[C@H](O)C[C@H]1C(=O)NCc1ccc(-c2cnco2)cc1)C(C)(C)C. The first kappa shape index (κ1) is 23.5. The summed E-state index contributed by atoms with van der Waals surface area (Å²) in [6.45, 7) is 7.21. The summed E-state index contributed by atoms with van der Waals surface area (Å²) >= 11 is 0. The Morgan fingerprint density at radius 2 is 1.94 bits per heavy atom. The van der Waals surface area contributed by atoms with Crippen molar-refractivity contribution >= 4 is 17.7 Å². The number of hydrogen-bond donors (Lipinski definition) is 3. The minimum atomic E-state index is -0.802. The average Bonchev–Trinajstić information content (AvgIpc) is 3.39. The number of aliphatic hydroxyl groups excluding tert-OH is 1. The molecule has 32 heavy (non-hydrogen) atoms. The summed E-state index contributed by atoms with van der Waals surface area (Å²) in [5, 5.41) is 15.7. The fourth-order valence-corrected chi connectivity index (χ4v) is 3.78. The summed E-state index contributed by atoms with van der Waals surface area (Å²) in [5.41, 5.74) is 1.20. The maximum atomic E-state index is 13.2. The van der Waals surface area contributed by atoms with Crippen molar-refractivity contribution < 1.29 is 23.9 Å². The van der Waals surface area contributed by atoms with E-state index in [9.17, 15) is 19.5 Å². The highest BCUT2D eigenvalue weighted by Crippen LogP contribution is 2.26. The molecule has 0 unspecified atom stereocenters. The molecule has 1 aromatic heterocycles. The number of β-amino-alcohol motifs (C(OH)–C–C–N with tert-alkyl or cyclic N) is 1. The van der Waals surface area contributed by atoms with E-state index in [0.29, 0.717) is 5.76 Å². The molecule has 1 aromatic carbocycles. The van der Waals surface area contributed by atoms with Crippen molar-refractivity contribution in [1.82, 2.24) is 20.5 Å². The first-order chi connectivity index (χ1) is 15.1. The zero-order chi connectivity index (χ0) is 23.5. The van der Waals surface area contributed by atoms with E-state index < -0.39 is 23.6 Å². The van der Waals surface area contributed by atoms with Gasteiger partial charge in [-0.15, -0.1) is 0 Å². The van der Waals surface area contributed by atoms with Crippen molar-refractivity contribution in [2.24, 2.45) is 5.41 Å². The van der Waals surface area contributed by atoms with Gasteiger partial charge in [0.1, 0.15) is 12.1 Å². The lowest BCUT2D eigenvalue weighted by Gasteiger charge is -2.35. The number of likely N-dealkylation sites (tertiary alicyclic amines) is 1. The number of rotatable bonds is 6. The largest absolute Gasteiger partial charge is 0.444 e. The molecule has 2 heterocycles. The van der Waals surface area contributed by atoms with Gasteiger partial charge in [-0.25, -0.2) is 4.98 Å². The maximum absolute atomic E-state index is 13.2. The molecule has 1 aliphatic rings. The Balaban J connectivity index is 1.66. The normalized spacial score (nSPS) is 19.5. The summed E-state index contributed by atoms with van der Waals surface area (Å²) in [4.78, 5) is 43.0. The van der Waals surface area contributed by atoms with Gasteiger partial charge in [-0.05, 0) is 11.0 Å². The van der Waals surface area contributed by atoms with Gasteiger partial charge in [-0.3, -0.25) is 14.4 Å². The fraction of sp³-hybridized carbons (Fsp3) is 0.478.